The normalized spacial score (nSPS) is 12.6. The van der Waals surface area contributed by atoms with Crippen LogP contribution in [0.5, 0.6) is 0 Å². The Hall–Kier alpha value is -2.67. The van der Waals surface area contributed by atoms with E-state index in [-0.39, 0.29) is 12.7 Å². The highest BCUT2D eigenvalue weighted by atomic mass is 32.1. The second kappa shape index (κ2) is 8.35. The molecule has 27 heavy (non-hydrogen) atoms. The molecule has 0 fully saturated rings. The Morgan fingerprint density at radius 2 is 1.85 bits per heavy atom. The number of amides is 1. The van der Waals surface area contributed by atoms with E-state index in [1.807, 2.05) is 6.07 Å². The van der Waals surface area contributed by atoms with Gasteiger partial charge in [0.05, 0.1) is 11.7 Å². The molecule has 1 N–H and O–H groups in total. The molecule has 0 bridgehead atoms. The molecule has 1 heterocycles. The van der Waals surface area contributed by atoms with Gasteiger partial charge in [0.15, 0.2) is 6.61 Å². The summed E-state index contributed by atoms with van der Waals surface area (Å²) >= 11 is 1.44. The Kier molecular flexibility index (Phi) is 5.91. The molecule has 0 saturated carbocycles. The molecular formula is C20H21NO5S. The van der Waals surface area contributed by atoms with Crippen LogP contribution in [0.2, 0.25) is 0 Å². The predicted octanol–water partition coefficient (Wildman–Crippen LogP) is 3.60. The van der Waals surface area contributed by atoms with Gasteiger partial charge in [0, 0.05) is 10.6 Å². The Balaban J connectivity index is 1.48. The Labute approximate surface area is 161 Å². The largest absolute Gasteiger partial charge is 0.459 e. The molecule has 6 nitrogen and oxygen atoms in total. The average Bonchev–Trinajstić information content (AvgIpc) is 3.21. The number of ether oxygens (including phenoxy) is 2. The molecule has 0 spiro atoms. The monoisotopic (exact) mass is 387 g/mol. The lowest BCUT2D eigenvalue weighted by Gasteiger charge is -2.09. The van der Waals surface area contributed by atoms with Gasteiger partial charge in [0.2, 0.25) is 0 Å². The minimum Gasteiger partial charge on any atom is -0.459 e. The number of thiophene rings is 1. The van der Waals surface area contributed by atoms with Gasteiger partial charge in [-0.15, -0.1) is 11.3 Å². The minimum atomic E-state index is -0.476. The highest BCUT2D eigenvalue weighted by Crippen LogP contribution is 2.30. The maximum absolute atomic E-state index is 12.1. The van der Waals surface area contributed by atoms with Crippen LogP contribution in [0.3, 0.4) is 0 Å². The van der Waals surface area contributed by atoms with Crippen molar-refractivity contribution in [3.63, 3.8) is 0 Å². The topological polar surface area (TPSA) is 81.7 Å². The van der Waals surface area contributed by atoms with Gasteiger partial charge in [-0.25, -0.2) is 9.59 Å². The summed E-state index contributed by atoms with van der Waals surface area (Å²) in [6.45, 7) is 3.19. The summed E-state index contributed by atoms with van der Waals surface area (Å²) in [5.74, 6) is -1.33. The zero-order chi connectivity index (χ0) is 19.4. The van der Waals surface area contributed by atoms with Crippen molar-refractivity contribution in [1.29, 1.82) is 0 Å². The van der Waals surface area contributed by atoms with Gasteiger partial charge in [-0.05, 0) is 69.0 Å². The second-order valence-corrected chi connectivity index (χ2v) is 7.71. The highest BCUT2D eigenvalue weighted by molar-refractivity contribution is 7.14. The van der Waals surface area contributed by atoms with Crippen molar-refractivity contribution in [1.82, 2.24) is 0 Å². The van der Waals surface area contributed by atoms with Crippen LogP contribution in [0.4, 0.5) is 5.69 Å². The van der Waals surface area contributed by atoms with Gasteiger partial charge in [-0.2, -0.15) is 0 Å². The minimum absolute atomic E-state index is 0.198. The van der Waals surface area contributed by atoms with E-state index in [0.717, 1.165) is 19.3 Å². The Morgan fingerprint density at radius 3 is 2.52 bits per heavy atom. The number of fused-ring (bicyclic) bond motifs is 1. The van der Waals surface area contributed by atoms with Gasteiger partial charge in [0.25, 0.3) is 5.91 Å². The predicted molar refractivity (Wildman–Crippen MR) is 102 cm³/mol. The van der Waals surface area contributed by atoms with E-state index in [9.17, 15) is 14.4 Å². The number of nitrogens with one attached hydrogen (secondary N) is 1. The first-order chi connectivity index (χ1) is 12.9. The fourth-order valence-electron chi connectivity index (χ4n) is 2.80. The molecule has 7 heteroatoms. The third-order valence-corrected chi connectivity index (χ3v) is 5.25. The molecule has 1 aliphatic carbocycles. The van der Waals surface area contributed by atoms with Gasteiger partial charge >= 0.3 is 11.9 Å². The Bertz CT molecular complexity index is 832. The number of anilines is 1. The van der Waals surface area contributed by atoms with E-state index in [0.29, 0.717) is 16.1 Å². The van der Waals surface area contributed by atoms with Crippen molar-refractivity contribution >= 4 is 34.9 Å². The third-order valence-electron chi connectivity index (χ3n) is 4.03. The van der Waals surface area contributed by atoms with Gasteiger partial charge in [-0.1, -0.05) is 0 Å². The molecular weight excluding hydrogens is 366 g/mol. The molecule has 0 unspecified atom stereocenters. The molecule has 1 aromatic heterocycles. The number of rotatable bonds is 6. The zero-order valence-electron chi connectivity index (χ0n) is 15.2. The van der Waals surface area contributed by atoms with Crippen LogP contribution in [0.25, 0.3) is 0 Å². The summed E-state index contributed by atoms with van der Waals surface area (Å²) in [6.07, 6.45) is 2.94. The molecule has 1 aliphatic rings. The van der Waals surface area contributed by atoms with Crippen LogP contribution in [0.15, 0.2) is 30.3 Å². The molecule has 0 saturated heterocycles. The fraction of sp³-hybridized carbons (Fsp3) is 0.350. The number of hydrogen-bond acceptors (Lipinski definition) is 6. The van der Waals surface area contributed by atoms with E-state index < -0.39 is 17.8 Å². The molecule has 2 aromatic rings. The van der Waals surface area contributed by atoms with E-state index >= 15 is 0 Å². The number of carbonyl (C=O) groups is 3. The first kappa shape index (κ1) is 19.1. The van der Waals surface area contributed by atoms with E-state index in [2.05, 4.69) is 5.32 Å². The molecule has 0 radical (unpaired) electrons. The number of benzene rings is 1. The number of carbonyl (C=O) groups excluding carboxylic acids is 3. The summed E-state index contributed by atoms with van der Waals surface area (Å²) < 4.78 is 10.2. The first-order valence-corrected chi connectivity index (χ1v) is 9.63. The number of hydrogen-bond donors (Lipinski definition) is 1. The maximum Gasteiger partial charge on any atom is 0.348 e. The number of esters is 2. The lowest BCUT2D eigenvalue weighted by atomic mass is 10.2. The van der Waals surface area contributed by atoms with Gasteiger partial charge < -0.3 is 14.8 Å². The van der Waals surface area contributed by atoms with Crippen LogP contribution in [0.1, 0.15) is 50.7 Å². The van der Waals surface area contributed by atoms with E-state index in [1.165, 1.54) is 21.8 Å². The average molecular weight is 387 g/mol. The first-order valence-electron chi connectivity index (χ1n) is 8.82. The van der Waals surface area contributed by atoms with Crippen LogP contribution >= 0.6 is 11.3 Å². The van der Waals surface area contributed by atoms with Crippen molar-refractivity contribution in [3.8, 4) is 0 Å². The van der Waals surface area contributed by atoms with Crippen LogP contribution in [-0.2, 0) is 27.1 Å². The SMILES string of the molecule is CC(C)OC(=O)c1ccc(NC(=O)COC(=O)c2cc3c(s2)CCC3)cc1. The van der Waals surface area contributed by atoms with Gasteiger partial charge in [-0.3, -0.25) is 4.79 Å². The zero-order valence-corrected chi connectivity index (χ0v) is 16.1. The maximum atomic E-state index is 12.1. The molecule has 1 amide bonds. The van der Waals surface area contributed by atoms with Crippen LogP contribution in [0, 0.1) is 0 Å². The summed E-state index contributed by atoms with van der Waals surface area (Å²) in [5, 5.41) is 2.63. The Morgan fingerprint density at radius 1 is 1.11 bits per heavy atom. The summed E-state index contributed by atoms with van der Waals surface area (Å²) in [7, 11) is 0. The molecule has 1 aromatic carbocycles. The third kappa shape index (κ3) is 4.95. The molecule has 3 rings (SSSR count). The number of aryl methyl sites for hydroxylation is 2. The van der Waals surface area contributed by atoms with Crippen molar-refractivity contribution in [2.75, 3.05) is 11.9 Å². The molecule has 142 valence electrons. The lowest BCUT2D eigenvalue weighted by Crippen LogP contribution is -2.20. The molecule has 0 atom stereocenters. The molecule has 0 aliphatic heterocycles. The quantitative estimate of drug-likeness (QED) is 0.766. The standard InChI is InChI=1S/C20H21NO5S/c1-12(2)26-19(23)13-6-8-15(9-7-13)21-18(22)11-25-20(24)17-10-14-4-3-5-16(14)27-17/h6-10,12H,3-5,11H2,1-2H3,(H,21,22). The van der Waals surface area contributed by atoms with Crippen LogP contribution < -0.4 is 5.32 Å². The summed E-state index contributed by atoms with van der Waals surface area (Å²) in [6, 6.07) is 8.20. The highest BCUT2D eigenvalue weighted by Gasteiger charge is 2.20. The smallest absolute Gasteiger partial charge is 0.348 e. The van der Waals surface area contributed by atoms with Crippen molar-refractivity contribution in [2.45, 2.75) is 39.2 Å². The van der Waals surface area contributed by atoms with E-state index in [4.69, 9.17) is 9.47 Å². The van der Waals surface area contributed by atoms with E-state index in [1.54, 1.807) is 38.1 Å². The van der Waals surface area contributed by atoms with Crippen molar-refractivity contribution < 1.29 is 23.9 Å². The summed E-state index contributed by atoms with van der Waals surface area (Å²) in [5.41, 5.74) is 2.12. The fourth-order valence-corrected chi connectivity index (χ4v) is 3.95. The summed E-state index contributed by atoms with van der Waals surface area (Å²) in [4.78, 5) is 37.6. The van der Waals surface area contributed by atoms with Crippen molar-refractivity contribution in [3.05, 3.63) is 51.2 Å². The lowest BCUT2D eigenvalue weighted by molar-refractivity contribution is -0.119. The van der Waals surface area contributed by atoms with Gasteiger partial charge in [0.1, 0.15) is 4.88 Å². The second-order valence-electron chi connectivity index (χ2n) is 6.57. The van der Waals surface area contributed by atoms with Crippen molar-refractivity contribution in [2.24, 2.45) is 0 Å². The van der Waals surface area contributed by atoms with Crippen LogP contribution in [-0.4, -0.2) is 30.6 Å².